The maximum Gasteiger partial charge on any atom is 0.673 e. The highest BCUT2D eigenvalue weighted by Gasteiger charge is 2.20. The highest BCUT2D eigenvalue weighted by molar-refractivity contribution is 6.50. The minimum Gasteiger partial charge on any atom is -0.434 e. The minimum absolute atomic E-state index is 0.165. The molecule has 96 valence electrons. The molecule has 10 heteroatoms. The van der Waals surface area contributed by atoms with Crippen LogP contribution in [0.15, 0.2) is 0 Å². The summed E-state index contributed by atoms with van der Waals surface area (Å²) in [6, 6.07) is 0. The van der Waals surface area contributed by atoms with Crippen LogP contribution < -0.4 is 0 Å². The molecule has 0 rings (SSSR count). The van der Waals surface area contributed by atoms with Gasteiger partial charge in [-0.05, 0) is 13.8 Å². The Kier molecular flexibility index (Phi) is 9.32. The number of hydrogen-bond donors (Lipinski definition) is 0. The molecule has 5 nitrogen and oxygen atoms in total. The molecule has 0 fully saturated rings. The van der Waals surface area contributed by atoms with E-state index in [0.717, 1.165) is 0 Å². The van der Waals surface area contributed by atoms with E-state index in [4.69, 9.17) is 0 Å². The van der Waals surface area contributed by atoms with Crippen LogP contribution in [0.25, 0.3) is 0 Å². The molecule has 0 atom stereocenters. The van der Waals surface area contributed by atoms with Crippen molar-refractivity contribution >= 4 is 19.6 Å². The number of halogens is 4. The molecular formula is C6H10BF4O5-. The summed E-state index contributed by atoms with van der Waals surface area (Å²) >= 11 is 0. The van der Waals surface area contributed by atoms with E-state index in [1.807, 2.05) is 0 Å². The molecule has 0 heterocycles. The Hall–Kier alpha value is -1.48. The van der Waals surface area contributed by atoms with Crippen LogP contribution in [0.2, 0.25) is 0 Å². The molecule has 0 aromatic heterocycles. The van der Waals surface area contributed by atoms with Gasteiger partial charge in [-0.25, -0.2) is 9.59 Å². The Balaban J connectivity index is 0. The highest BCUT2D eigenvalue weighted by Crippen LogP contribution is 2.06. The summed E-state index contributed by atoms with van der Waals surface area (Å²) in [7, 11) is -6.00. The lowest BCUT2D eigenvalue weighted by molar-refractivity contribution is 0.0409. The SMILES string of the molecule is CCOC(=O)OC(=O)OCC.F[B-](F)(F)F. The van der Waals surface area contributed by atoms with Crippen LogP contribution >= 0.6 is 0 Å². The van der Waals surface area contributed by atoms with Crippen molar-refractivity contribution in [3.05, 3.63) is 0 Å². The van der Waals surface area contributed by atoms with Crippen molar-refractivity contribution in [3.8, 4) is 0 Å². The largest absolute Gasteiger partial charge is 0.673 e. The molecule has 16 heavy (non-hydrogen) atoms. The van der Waals surface area contributed by atoms with E-state index >= 15 is 0 Å². The molecule has 0 bridgehead atoms. The number of ether oxygens (including phenoxy) is 3. The zero-order valence-electron chi connectivity index (χ0n) is 8.54. The van der Waals surface area contributed by atoms with E-state index in [-0.39, 0.29) is 13.2 Å². The van der Waals surface area contributed by atoms with Crippen molar-refractivity contribution < 1.29 is 41.1 Å². The second-order valence-corrected chi connectivity index (χ2v) is 1.96. The summed E-state index contributed by atoms with van der Waals surface area (Å²) in [6.07, 6.45) is -2.07. The van der Waals surface area contributed by atoms with Gasteiger partial charge in [0, 0.05) is 0 Å². The number of carbonyl (C=O) groups is 2. The van der Waals surface area contributed by atoms with Gasteiger partial charge < -0.3 is 31.5 Å². The normalized spacial score (nSPS) is 9.62. The van der Waals surface area contributed by atoms with E-state index in [0.29, 0.717) is 0 Å². The van der Waals surface area contributed by atoms with Gasteiger partial charge in [-0.3, -0.25) is 0 Å². The Morgan fingerprint density at radius 1 is 0.938 bits per heavy atom. The molecule has 0 saturated heterocycles. The summed E-state index contributed by atoms with van der Waals surface area (Å²) in [4.78, 5) is 20.8. The Morgan fingerprint density at radius 3 is 1.38 bits per heavy atom. The van der Waals surface area contributed by atoms with Gasteiger partial charge in [0.1, 0.15) is 0 Å². The van der Waals surface area contributed by atoms with E-state index in [1.54, 1.807) is 13.8 Å². The fraction of sp³-hybridized carbons (Fsp3) is 0.667. The van der Waals surface area contributed by atoms with E-state index in [2.05, 4.69) is 14.2 Å². The Labute approximate surface area is 88.8 Å². The summed E-state index contributed by atoms with van der Waals surface area (Å²) in [5.74, 6) is 0. The average molecular weight is 249 g/mol. The lowest BCUT2D eigenvalue weighted by Crippen LogP contribution is -2.14. The van der Waals surface area contributed by atoms with Gasteiger partial charge in [0.05, 0.1) is 13.2 Å². The summed E-state index contributed by atoms with van der Waals surface area (Å²) in [5.41, 5.74) is 0. The third kappa shape index (κ3) is 22.9. The van der Waals surface area contributed by atoms with Crippen molar-refractivity contribution in [1.29, 1.82) is 0 Å². The van der Waals surface area contributed by atoms with Crippen LogP contribution in [0, 0.1) is 0 Å². The van der Waals surface area contributed by atoms with E-state index in [1.165, 1.54) is 0 Å². The van der Waals surface area contributed by atoms with Gasteiger partial charge in [0.25, 0.3) is 0 Å². The topological polar surface area (TPSA) is 61.8 Å². The van der Waals surface area contributed by atoms with Crippen LogP contribution in [0.1, 0.15) is 13.8 Å². The predicted molar refractivity (Wildman–Crippen MR) is 45.3 cm³/mol. The molecule has 0 aromatic rings. The average Bonchev–Trinajstić information content (AvgIpc) is 2.00. The molecular weight excluding hydrogens is 239 g/mol. The second-order valence-electron chi connectivity index (χ2n) is 1.96. The summed E-state index contributed by atoms with van der Waals surface area (Å²) in [5, 5.41) is 0. The summed E-state index contributed by atoms with van der Waals surface area (Å²) < 4.78 is 51.6. The van der Waals surface area contributed by atoms with Crippen LogP contribution in [0.3, 0.4) is 0 Å². The standard InChI is InChI=1S/C6H10O5.BF4/c1-3-9-5(7)11-6(8)10-4-2;2-1(3,4)5/h3-4H2,1-2H3;/q;-1. The lowest BCUT2D eigenvalue weighted by atomic mass is 10.3. The third-order valence-electron chi connectivity index (χ3n) is 0.691. The second kappa shape index (κ2) is 8.80. The number of hydrogen-bond acceptors (Lipinski definition) is 5. The molecule has 0 N–H and O–H groups in total. The molecule has 0 unspecified atom stereocenters. The van der Waals surface area contributed by atoms with Crippen molar-refractivity contribution in [3.63, 3.8) is 0 Å². The van der Waals surface area contributed by atoms with Crippen LogP contribution in [-0.2, 0) is 14.2 Å². The fourth-order valence-electron chi connectivity index (χ4n) is 0.363. The number of carbonyl (C=O) groups excluding carboxylic acids is 2. The molecule has 0 saturated carbocycles. The molecule has 0 aromatic carbocycles. The van der Waals surface area contributed by atoms with Gasteiger partial charge in [-0.15, -0.1) is 0 Å². The van der Waals surface area contributed by atoms with Crippen molar-refractivity contribution in [1.82, 2.24) is 0 Å². The minimum atomic E-state index is -6.00. The lowest BCUT2D eigenvalue weighted by Gasteiger charge is -2.01. The third-order valence-corrected chi connectivity index (χ3v) is 0.691. The maximum absolute atomic E-state index is 10.4. The Morgan fingerprint density at radius 2 is 1.19 bits per heavy atom. The van der Waals surface area contributed by atoms with Crippen molar-refractivity contribution in [2.45, 2.75) is 13.8 Å². The zero-order chi connectivity index (χ0) is 13.2. The van der Waals surface area contributed by atoms with Gasteiger partial charge in [-0.1, -0.05) is 0 Å². The first kappa shape index (κ1) is 16.9. The smallest absolute Gasteiger partial charge is 0.434 e. The van der Waals surface area contributed by atoms with E-state index in [9.17, 15) is 26.9 Å². The molecule has 0 amide bonds. The molecule has 0 aliphatic heterocycles. The van der Waals surface area contributed by atoms with Crippen LogP contribution in [-0.4, -0.2) is 32.8 Å². The Bertz CT molecular complexity index is 197. The first-order valence-corrected chi connectivity index (χ1v) is 4.09. The number of rotatable bonds is 2. The fourth-order valence-corrected chi connectivity index (χ4v) is 0.363. The van der Waals surface area contributed by atoms with Gasteiger partial charge in [0.15, 0.2) is 0 Å². The predicted octanol–water partition coefficient (Wildman–Crippen LogP) is 2.62. The van der Waals surface area contributed by atoms with E-state index < -0.39 is 19.6 Å². The van der Waals surface area contributed by atoms with Crippen molar-refractivity contribution in [2.75, 3.05) is 13.2 Å². The maximum atomic E-state index is 10.4. The van der Waals surface area contributed by atoms with Crippen LogP contribution in [0.4, 0.5) is 26.9 Å². The van der Waals surface area contributed by atoms with Gasteiger partial charge in [0.2, 0.25) is 0 Å². The monoisotopic (exact) mass is 249 g/mol. The summed E-state index contributed by atoms with van der Waals surface area (Å²) in [6.45, 7) is 3.54. The first-order chi connectivity index (χ1) is 7.20. The first-order valence-electron chi connectivity index (χ1n) is 4.09. The molecule has 0 spiro atoms. The van der Waals surface area contributed by atoms with Crippen molar-refractivity contribution in [2.24, 2.45) is 0 Å². The molecule has 0 aliphatic rings. The van der Waals surface area contributed by atoms with Gasteiger partial charge >= 0.3 is 19.6 Å². The van der Waals surface area contributed by atoms with Gasteiger partial charge in [-0.2, -0.15) is 0 Å². The van der Waals surface area contributed by atoms with Crippen LogP contribution in [0.5, 0.6) is 0 Å². The highest BCUT2D eigenvalue weighted by atomic mass is 19.5. The zero-order valence-corrected chi connectivity index (χ0v) is 8.54. The quantitative estimate of drug-likeness (QED) is 0.325. The molecule has 0 radical (unpaired) electrons. The molecule has 0 aliphatic carbocycles.